The number of nitrogens with one attached hydrogen (secondary N) is 1. The zero-order valence-corrected chi connectivity index (χ0v) is 20.6. The van der Waals surface area contributed by atoms with Crippen LogP contribution in [0, 0.1) is 13.8 Å². The predicted molar refractivity (Wildman–Crippen MR) is 126 cm³/mol. The highest BCUT2D eigenvalue weighted by Gasteiger charge is 2.23. The SMILES string of the molecule is COc1cc(CCNS(=O)(=O)c2cc(S(=O)(=O)c3ccc(C)cc3)ccc2C)cc(OC)c1. The van der Waals surface area contributed by atoms with Crippen LogP contribution in [0.3, 0.4) is 0 Å². The van der Waals surface area contributed by atoms with Gasteiger partial charge in [0.2, 0.25) is 19.9 Å². The number of aryl methyl sites for hydroxylation is 2. The fourth-order valence-electron chi connectivity index (χ4n) is 3.31. The van der Waals surface area contributed by atoms with Crippen LogP contribution in [0.15, 0.2) is 75.4 Å². The minimum atomic E-state index is -3.94. The van der Waals surface area contributed by atoms with Crippen LogP contribution >= 0.6 is 0 Å². The molecule has 7 nitrogen and oxygen atoms in total. The Bertz CT molecular complexity index is 1330. The van der Waals surface area contributed by atoms with E-state index in [1.54, 1.807) is 51.5 Å². The fraction of sp³-hybridized carbons (Fsp3) is 0.250. The molecule has 0 amide bonds. The van der Waals surface area contributed by atoms with Crippen molar-refractivity contribution in [2.45, 2.75) is 35.0 Å². The summed E-state index contributed by atoms with van der Waals surface area (Å²) in [5.74, 6) is 1.22. The number of hydrogen-bond acceptors (Lipinski definition) is 6. The van der Waals surface area contributed by atoms with Crippen LogP contribution in [0.1, 0.15) is 16.7 Å². The number of methoxy groups -OCH3 is 2. The molecule has 3 aromatic rings. The number of sulfone groups is 1. The van der Waals surface area contributed by atoms with E-state index in [0.29, 0.717) is 23.5 Å². The van der Waals surface area contributed by atoms with Crippen molar-refractivity contribution in [3.8, 4) is 11.5 Å². The summed E-state index contributed by atoms with van der Waals surface area (Å²) in [6.07, 6.45) is 0.396. The van der Waals surface area contributed by atoms with E-state index < -0.39 is 19.9 Å². The molecule has 0 spiro atoms. The van der Waals surface area contributed by atoms with Gasteiger partial charge in [-0.1, -0.05) is 23.8 Å². The first-order valence-corrected chi connectivity index (χ1v) is 13.2. The summed E-state index contributed by atoms with van der Waals surface area (Å²) in [5, 5.41) is 0. The lowest BCUT2D eigenvalue weighted by Crippen LogP contribution is -2.27. The monoisotopic (exact) mass is 489 g/mol. The van der Waals surface area contributed by atoms with Crippen molar-refractivity contribution in [1.29, 1.82) is 0 Å². The molecule has 33 heavy (non-hydrogen) atoms. The van der Waals surface area contributed by atoms with Gasteiger partial charge < -0.3 is 9.47 Å². The molecule has 0 aliphatic heterocycles. The van der Waals surface area contributed by atoms with Crippen molar-refractivity contribution < 1.29 is 26.3 Å². The molecule has 0 aliphatic rings. The molecule has 0 fully saturated rings. The summed E-state index contributed by atoms with van der Waals surface area (Å²) in [7, 11) is -4.71. The maximum atomic E-state index is 13.0. The van der Waals surface area contributed by atoms with Gasteiger partial charge in [0, 0.05) is 12.6 Å². The number of ether oxygens (including phenoxy) is 2. The van der Waals surface area contributed by atoms with E-state index in [1.807, 2.05) is 6.92 Å². The first-order chi connectivity index (χ1) is 15.6. The smallest absolute Gasteiger partial charge is 0.240 e. The van der Waals surface area contributed by atoms with Crippen LogP contribution in [-0.2, 0) is 26.3 Å². The van der Waals surface area contributed by atoms with E-state index in [0.717, 1.165) is 11.1 Å². The van der Waals surface area contributed by atoms with E-state index >= 15 is 0 Å². The zero-order valence-electron chi connectivity index (χ0n) is 19.0. The number of rotatable bonds is 9. The van der Waals surface area contributed by atoms with Gasteiger partial charge in [-0.05, 0) is 67.8 Å². The first-order valence-electron chi connectivity index (χ1n) is 10.2. The lowest BCUT2D eigenvalue weighted by atomic mass is 10.1. The molecular formula is C24H27NO6S2. The highest BCUT2D eigenvalue weighted by Crippen LogP contribution is 2.26. The Hall–Kier alpha value is -2.88. The van der Waals surface area contributed by atoms with Gasteiger partial charge in [0.25, 0.3) is 0 Å². The van der Waals surface area contributed by atoms with Crippen LogP contribution in [0.4, 0.5) is 0 Å². The summed E-state index contributed by atoms with van der Waals surface area (Å²) in [5.41, 5.74) is 2.22. The van der Waals surface area contributed by atoms with Crippen molar-refractivity contribution in [3.63, 3.8) is 0 Å². The maximum Gasteiger partial charge on any atom is 0.240 e. The normalized spacial score (nSPS) is 11.9. The Morgan fingerprint density at radius 2 is 1.33 bits per heavy atom. The van der Waals surface area contributed by atoms with Crippen molar-refractivity contribution in [1.82, 2.24) is 4.72 Å². The largest absolute Gasteiger partial charge is 0.497 e. The van der Waals surface area contributed by atoms with Crippen molar-refractivity contribution in [2.24, 2.45) is 0 Å². The van der Waals surface area contributed by atoms with Gasteiger partial charge in [-0.25, -0.2) is 21.6 Å². The van der Waals surface area contributed by atoms with Gasteiger partial charge in [-0.3, -0.25) is 0 Å². The van der Waals surface area contributed by atoms with Crippen LogP contribution in [-0.4, -0.2) is 37.6 Å². The molecule has 0 aliphatic carbocycles. The lowest BCUT2D eigenvalue weighted by molar-refractivity contribution is 0.393. The highest BCUT2D eigenvalue weighted by atomic mass is 32.2. The molecule has 0 atom stereocenters. The fourth-order valence-corrected chi connectivity index (χ4v) is 5.97. The second kappa shape index (κ2) is 9.94. The van der Waals surface area contributed by atoms with Gasteiger partial charge in [0.05, 0.1) is 28.9 Å². The topological polar surface area (TPSA) is 98.8 Å². The predicted octanol–water partition coefficient (Wildman–Crippen LogP) is 3.67. The van der Waals surface area contributed by atoms with Crippen molar-refractivity contribution in [2.75, 3.05) is 20.8 Å². The molecule has 0 saturated carbocycles. The molecule has 1 N–H and O–H groups in total. The van der Waals surface area contributed by atoms with E-state index in [4.69, 9.17) is 9.47 Å². The number of hydrogen-bond donors (Lipinski definition) is 1. The summed E-state index contributed by atoms with van der Waals surface area (Å²) in [4.78, 5) is -0.0333. The van der Waals surface area contributed by atoms with Crippen LogP contribution in [0.2, 0.25) is 0 Å². The molecule has 3 rings (SSSR count). The minimum Gasteiger partial charge on any atom is -0.497 e. The summed E-state index contributed by atoms with van der Waals surface area (Å²) >= 11 is 0. The third-order valence-electron chi connectivity index (χ3n) is 5.21. The molecule has 0 radical (unpaired) electrons. The van der Waals surface area contributed by atoms with E-state index in [2.05, 4.69) is 4.72 Å². The molecule has 0 aromatic heterocycles. The lowest BCUT2D eigenvalue weighted by Gasteiger charge is -2.13. The Kier molecular flexibility index (Phi) is 7.46. The van der Waals surface area contributed by atoms with Crippen LogP contribution in [0.25, 0.3) is 0 Å². The van der Waals surface area contributed by atoms with Gasteiger partial charge in [0.1, 0.15) is 11.5 Å². The zero-order chi connectivity index (χ0) is 24.2. The van der Waals surface area contributed by atoms with Gasteiger partial charge in [-0.2, -0.15) is 0 Å². The second-order valence-corrected chi connectivity index (χ2v) is 11.3. The highest BCUT2D eigenvalue weighted by molar-refractivity contribution is 7.91. The van der Waals surface area contributed by atoms with E-state index in [1.165, 1.54) is 30.3 Å². The Morgan fingerprint density at radius 3 is 1.91 bits per heavy atom. The quantitative estimate of drug-likeness (QED) is 0.492. The Balaban J connectivity index is 1.83. The molecular weight excluding hydrogens is 462 g/mol. The molecule has 3 aromatic carbocycles. The average molecular weight is 490 g/mol. The molecule has 0 bridgehead atoms. The standard InChI is InChI=1S/C24H27NO6S2/c1-17-5-8-22(9-6-17)32(26,27)23-10-7-18(2)24(16-23)33(28,29)25-12-11-19-13-20(30-3)15-21(14-19)31-4/h5-10,13-16,25H,11-12H2,1-4H3. The summed E-state index contributed by atoms with van der Waals surface area (Å²) < 4.78 is 65.1. The van der Waals surface area contributed by atoms with Crippen LogP contribution in [0.5, 0.6) is 11.5 Å². The third-order valence-corrected chi connectivity index (χ3v) is 8.58. The Labute approximate surface area is 195 Å². The van der Waals surface area contributed by atoms with E-state index in [-0.39, 0.29) is 21.2 Å². The number of benzene rings is 3. The molecule has 9 heteroatoms. The average Bonchev–Trinajstić information content (AvgIpc) is 2.79. The second-order valence-electron chi connectivity index (χ2n) is 7.61. The molecule has 0 saturated heterocycles. The van der Waals surface area contributed by atoms with Gasteiger partial charge >= 0.3 is 0 Å². The van der Waals surface area contributed by atoms with Gasteiger partial charge in [0.15, 0.2) is 0 Å². The minimum absolute atomic E-state index is 0.0705. The summed E-state index contributed by atoms with van der Waals surface area (Å²) in [6, 6.07) is 15.9. The molecule has 176 valence electrons. The maximum absolute atomic E-state index is 13.0. The first kappa shape index (κ1) is 24.8. The Morgan fingerprint density at radius 1 is 0.758 bits per heavy atom. The van der Waals surface area contributed by atoms with Crippen LogP contribution < -0.4 is 14.2 Å². The molecule has 0 heterocycles. The van der Waals surface area contributed by atoms with E-state index in [9.17, 15) is 16.8 Å². The third kappa shape index (κ3) is 5.73. The summed E-state index contributed by atoms with van der Waals surface area (Å²) in [6.45, 7) is 3.61. The van der Waals surface area contributed by atoms with Crippen molar-refractivity contribution in [3.05, 3.63) is 77.4 Å². The number of sulfonamides is 1. The van der Waals surface area contributed by atoms with Crippen molar-refractivity contribution >= 4 is 19.9 Å². The van der Waals surface area contributed by atoms with Gasteiger partial charge in [-0.15, -0.1) is 0 Å². The molecule has 0 unspecified atom stereocenters.